The molecular formula is C26H49NO3. The fourth-order valence-corrected chi connectivity index (χ4v) is 5.97. The quantitative estimate of drug-likeness (QED) is 0.632. The van der Waals surface area contributed by atoms with E-state index >= 15 is 0 Å². The SMILES string of the molecule is CC(C)C1CCOCC1.CC1CC2(CNC2)C1.CC1CC2(COC2)C1.CC1COC1. The molecule has 4 saturated heterocycles. The van der Waals surface area contributed by atoms with Crippen LogP contribution in [0.2, 0.25) is 0 Å². The van der Waals surface area contributed by atoms with E-state index in [4.69, 9.17) is 14.2 Å². The molecule has 6 aliphatic rings. The smallest absolute Gasteiger partial charge is 0.0545 e. The third-order valence-corrected chi connectivity index (χ3v) is 7.96. The Labute approximate surface area is 186 Å². The molecule has 6 rings (SSSR count). The van der Waals surface area contributed by atoms with Crippen molar-refractivity contribution < 1.29 is 14.2 Å². The van der Waals surface area contributed by atoms with Crippen molar-refractivity contribution in [1.29, 1.82) is 0 Å². The first-order valence-electron chi connectivity index (χ1n) is 12.8. The summed E-state index contributed by atoms with van der Waals surface area (Å²) in [4.78, 5) is 0. The average Bonchev–Trinajstić information content (AvgIpc) is 2.60. The number of hydrogen-bond donors (Lipinski definition) is 1. The van der Waals surface area contributed by atoms with Crippen LogP contribution in [0.15, 0.2) is 0 Å². The van der Waals surface area contributed by atoms with E-state index in [1.165, 1.54) is 51.6 Å². The minimum Gasteiger partial charge on any atom is -0.381 e. The van der Waals surface area contributed by atoms with Crippen LogP contribution in [0.4, 0.5) is 0 Å². The van der Waals surface area contributed by atoms with E-state index in [1.807, 2.05) is 0 Å². The summed E-state index contributed by atoms with van der Waals surface area (Å²) in [6, 6.07) is 0. The van der Waals surface area contributed by atoms with Gasteiger partial charge in [-0.2, -0.15) is 0 Å². The predicted molar refractivity (Wildman–Crippen MR) is 124 cm³/mol. The van der Waals surface area contributed by atoms with E-state index in [2.05, 4.69) is 39.9 Å². The zero-order chi connectivity index (χ0) is 21.6. The van der Waals surface area contributed by atoms with Gasteiger partial charge in [-0.1, -0.05) is 34.6 Å². The van der Waals surface area contributed by atoms with Gasteiger partial charge in [0.15, 0.2) is 0 Å². The second kappa shape index (κ2) is 11.1. The van der Waals surface area contributed by atoms with Crippen LogP contribution in [0, 0.1) is 40.4 Å². The largest absolute Gasteiger partial charge is 0.381 e. The van der Waals surface area contributed by atoms with Gasteiger partial charge in [0.25, 0.3) is 0 Å². The first kappa shape index (κ1) is 24.5. The molecule has 0 radical (unpaired) electrons. The first-order chi connectivity index (χ1) is 14.3. The molecule has 2 saturated carbocycles. The van der Waals surface area contributed by atoms with Crippen LogP contribution in [0.5, 0.6) is 0 Å². The Morgan fingerprint density at radius 1 is 0.700 bits per heavy atom. The molecule has 0 aromatic carbocycles. The summed E-state index contributed by atoms with van der Waals surface area (Å²) in [5, 5.41) is 3.32. The first-order valence-corrected chi connectivity index (χ1v) is 12.8. The van der Waals surface area contributed by atoms with Gasteiger partial charge in [0.1, 0.15) is 0 Å². The maximum absolute atomic E-state index is 5.25. The van der Waals surface area contributed by atoms with Crippen molar-refractivity contribution in [2.75, 3.05) is 52.7 Å². The van der Waals surface area contributed by atoms with Gasteiger partial charge in [0, 0.05) is 37.6 Å². The van der Waals surface area contributed by atoms with Gasteiger partial charge >= 0.3 is 0 Å². The summed E-state index contributed by atoms with van der Waals surface area (Å²) in [5.41, 5.74) is 1.50. The zero-order valence-corrected chi connectivity index (χ0v) is 20.5. The summed E-state index contributed by atoms with van der Waals surface area (Å²) < 4.78 is 15.2. The summed E-state index contributed by atoms with van der Waals surface area (Å²) in [7, 11) is 0. The fraction of sp³-hybridized carbons (Fsp3) is 1.00. The van der Waals surface area contributed by atoms with E-state index in [-0.39, 0.29) is 0 Å². The van der Waals surface area contributed by atoms with Crippen LogP contribution < -0.4 is 5.32 Å². The highest BCUT2D eigenvalue weighted by Gasteiger charge is 2.47. The molecule has 4 heterocycles. The Balaban J connectivity index is 0.000000116. The van der Waals surface area contributed by atoms with Crippen LogP contribution in [-0.2, 0) is 14.2 Å². The van der Waals surface area contributed by atoms with Crippen molar-refractivity contribution in [2.45, 2.75) is 73.1 Å². The van der Waals surface area contributed by atoms with Crippen molar-refractivity contribution in [3.8, 4) is 0 Å². The van der Waals surface area contributed by atoms with E-state index in [0.717, 1.165) is 74.6 Å². The second-order valence-corrected chi connectivity index (χ2v) is 12.0. The Morgan fingerprint density at radius 2 is 1.20 bits per heavy atom. The minimum atomic E-state index is 0.694. The van der Waals surface area contributed by atoms with Crippen molar-refractivity contribution in [2.24, 2.45) is 40.4 Å². The summed E-state index contributed by atoms with van der Waals surface area (Å²) in [5.74, 6) is 4.64. The van der Waals surface area contributed by atoms with Crippen molar-refractivity contribution in [1.82, 2.24) is 5.32 Å². The third kappa shape index (κ3) is 6.92. The lowest BCUT2D eigenvalue weighted by molar-refractivity contribution is -0.175. The van der Waals surface area contributed by atoms with E-state index in [1.54, 1.807) is 0 Å². The number of nitrogens with one attached hydrogen (secondary N) is 1. The van der Waals surface area contributed by atoms with E-state index in [9.17, 15) is 0 Å². The van der Waals surface area contributed by atoms with Gasteiger partial charge in [-0.15, -0.1) is 0 Å². The van der Waals surface area contributed by atoms with Crippen molar-refractivity contribution >= 4 is 0 Å². The fourth-order valence-electron chi connectivity index (χ4n) is 5.97. The Morgan fingerprint density at radius 3 is 1.37 bits per heavy atom. The predicted octanol–water partition coefficient (Wildman–Crippen LogP) is 5.16. The maximum Gasteiger partial charge on any atom is 0.0545 e. The molecule has 2 aliphatic carbocycles. The molecular weight excluding hydrogens is 374 g/mol. The molecule has 0 bridgehead atoms. The molecule has 1 N–H and O–H groups in total. The molecule has 176 valence electrons. The van der Waals surface area contributed by atoms with E-state index < -0.39 is 0 Å². The minimum absolute atomic E-state index is 0.694. The molecule has 0 aromatic heterocycles. The van der Waals surface area contributed by atoms with Gasteiger partial charge in [-0.05, 0) is 67.6 Å². The second-order valence-electron chi connectivity index (χ2n) is 12.0. The number of ether oxygens (including phenoxy) is 3. The monoisotopic (exact) mass is 423 g/mol. The molecule has 0 amide bonds. The molecule has 4 heteroatoms. The third-order valence-electron chi connectivity index (χ3n) is 7.96. The molecule has 30 heavy (non-hydrogen) atoms. The van der Waals surface area contributed by atoms with Gasteiger partial charge in [0.05, 0.1) is 26.4 Å². The lowest BCUT2D eigenvalue weighted by atomic mass is 9.59. The van der Waals surface area contributed by atoms with Crippen LogP contribution >= 0.6 is 0 Å². The Hall–Kier alpha value is -0.160. The van der Waals surface area contributed by atoms with Crippen molar-refractivity contribution in [3.63, 3.8) is 0 Å². The standard InChI is InChI=1S/C8H16O.C7H13N.C7H12O.C4H8O/c1-7(2)8-3-5-9-6-4-8;2*1-6-2-7(3-6)4-8-5-7;1-4-2-5-3-4/h7-8H,3-6H2,1-2H3;6,8H,2-5H2,1H3;6H,2-5H2,1H3;4H,2-3H2,1H3. The maximum atomic E-state index is 5.25. The molecule has 2 spiro atoms. The topological polar surface area (TPSA) is 39.7 Å². The lowest BCUT2D eigenvalue weighted by Crippen LogP contribution is -2.59. The van der Waals surface area contributed by atoms with Crippen LogP contribution in [0.3, 0.4) is 0 Å². The van der Waals surface area contributed by atoms with Crippen LogP contribution in [-0.4, -0.2) is 52.7 Å². The van der Waals surface area contributed by atoms with E-state index in [0.29, 0.717) is 5.41 Å². The average molecular weight is 424 g/mol. The van der Waals surface area contributed by atoms with Gasteiger partial charge in [0.2, 0.25) is 0 Å². The van der Waals surface area contributed by atoms with Gasteiger partial charge in [-0.3, -0.25) is 0 Å². The summed E-state index contributed by atoms with van der Waals surface area (Å²) >= 11 is 0. The van der Waals surface area contributed by atoms with Gasteiger partial charge < -0.3 is 19.5 Å². The molecule has 0 aromatic rings. The lowest BCUT2D eigenvalue weighted by Gasteiger charge is -2.53. The van der Waals surface area contributed by atoms with Crippen LogP contribution in [0.25, 0.3) is 0 Å². The zero-order valence-electron chi connectivity index (χ0n) is 20.5. The van der Waals surface area contributed by atoms with Crippen molar-refractivity contribution in [3.05, 3.63) is 0 Å². The Kier molecular flexibility index (Phi) is 9.07. The van der Waals surface area contributed by atoms with Gasteiger partial charge in [-0.25, -0.2) is 0 Å². The summed E-state index contributed by atoms with van der Waals surface area (Å²) in [6.07, 6.45) is 8.37. The highest BCUT2D eigenvalue weighted by molar-refractivity contribution is 5.01. The number of rotatable bonds is 1. The Bertz CT molecular complexity index is 447. The highest BCUT2D eigenvalue weighted by atomic mass is 16.5. The molecule has 0 atom stereocenters. The molecule has 4 nitrogen and oxygen atoms in total. The molecule has 4 aliphatic heterocycles. The highest BCUT2D eigenvalue weighted by Crippen LogP contribution is 2.50. The number of hydrogen-bond acceptors (Lipinski definition) is 4. The normalized spacial score (nSPS) is 31.2. The van der Waals surface area contributed by atoms with Crippen LogP contribution in [0.1, 0.15) is 73.1 Å². The summed E-state index contributed by atoms with van der Waals surface area (Å²) in [6.45, 7) is 20.1. The molecule has 6 fully saturated rings. The molecule has 0 unspecified atom stereocenters.